The Kier molecular flexibility index (Phi) is 1.35. The minimum atomic E-state index is -0.359. The van der Waals surface area contributed by atoms with Gasteiger partial charge in [0.05, 0.1) is 12.4 Å². The molecule has 0 bridgehead atoms. The highest BCUT2D eigenvalue weighted by Gasteiger charge is 1.91. The average Bonchev–Trinajstić information content (AvgIpc) is 1.90. The zero-order valence-corrected chi connectivity index (χ0v) is 4.35. The summed E-state index contributed by atoms with van der Waals surface area (Å²) in [5.74, 6) is 0. The van der Waals surface area contributed by atoms with Gasteiger partial charge in [-0.2, -0.15) is 0 Å². The van der Waals surface area contributed by atoms with Crippen LogP contribution in [0.15, 0.2) is 17.6 Å². The van der Waals surface area contributed by atoms with Crippen molar-refractivity contribution >= 4 is 5.69 Å². The Balaban J connectivity index is 3.01. The maximum atomic E-state index is 9.71. The van der Waals surface area contributed by atoms with Crippen molar-refractivity contribution in [1.29, 1.82) is 0 Å². The van der Waals surface area contributed by atoms with Gasteiger partial charge in [0, 0.05) is 0 Å². The number of rotatable bonds is 1. The minimum absolute atomic E-state index is 0.104. The Hall–Kier alpha value is -1.52. The average molecular weight is 125 g/mol. The quantitative estimate of drug-likeness (QED) is 0.557. The number of nitroso groups, excluding NO2 is 1. The second kappa shape index (κ2) is 2.17. The van der Waals surface area contributed by atoms with Gasteiger partial charge in [-0.3, -0.25) is 0 Å². The summed E-state index contributed by atoms with van der Waals surface area (Å²) in [5.41, 5.74) is 0.104. The third-order valence-corrected chi connectivity index (χ3v) is 0.730. The maximum absolute atomic E-state index is 9.71. The lowest BCUT2D eigenvalue weighted by atomic mass is 10.6. The number of aromatic nitrogens is 2. The molecular formula is C4H3N3O2. The Morgan fingerprint density at radius 3 is 2.44 bits per heavy atom. The predicted molar refractivity (Wildman–Crippen MR) is 29.2 cm³/mol. The summed E-state index contributed by atoms with van der Waals surface area (Å²) in [6.45, 7) is 0. The molecule has 1 aromatic rings. The van der Waals surface area contributed by atoms with Gasteiger partial charge in [0.2, 0.25) is 0 Å². The van der Waals surface area contributed by atoms with Crippen molar-refractivity contribution in [3.8, 4) is 6.01 Å². The first-order valence-corrected chi connectivity index (χ1v) is 2.17. The SMILES string of the molecule is O=Nc1cnc(O)nc1. The molecule has 0 aromatic carbocycles. The van der Waals surface area contributed by atoms with Crippen molar-refractivity contribution in [2.24, 2.45) is 5.18 Å². The van der Waals surface area contributed by atoms with Gasteiger partial charge in [0.15, 0.2) is 0 Å². The van der Waals surface area contributed by atoms with E-state index in [1.165, 1.54) is 0 Å². The van der Waals surface area contributed by atoms with Crippen LogP contribution in [-0.4, -0.2) is 15.1 Å². The van der Waals surface area contributed by atoms with E-state index < -0.39 is 0 Å². The molecule has 46 valence electrons. The maximum Gasteiger partial charge on any atom is 0.313 e. The van der Waals surface area contributed by atoms with Crippen LogP contribution in [0.2, 0.25) is 0 Å². The molecule has 0 saturated carbocycles. The first-order valence-electron chi connectivity index (χ1n) is 2.17. The molecule has 0 fully saturated rings. The minimum Gasteiger partial charge on any atom is -0.479 e. The van der Waals surface area contributed by atoms with E-state index in [0.29, 0.717) is 0 Å². The second-order valence-corrected chi connectivity index (χ2v) is 1.33. The molecule has 1 rings (SSSR count). The Morgan fingerprint density at radius 1 is 1.44 bits per heavy atom. The summed E-state index contributed by atoms with van der Waals surface area (Å²) in [7, 11) is 0. The summed E-state index contributed by atoms with van der Waals surface area (Å²) in [6.07, 6.45) is 2.27. The number of hydrogen-bond donors (Lipinski definition) is 1. The van der Waals surface area contributed by atoms with Crippen molar-refractivity contribution in [3.05, 3.63) is 17.3 Å². The fourth-order valence-electron chi connectivity index (χ4n) is 0.362. The van der Waals surface area contributed by atoms with Gasteiger partial charge in [-0.15, -0.1) is 4.91 Å². The Bertz CT molecular complexity index is 208. The molecule has 0 aliphatic rings. The standard InChI is InChI=1S/C4H3N3O2/c8-4-5-1-3(7-9)2-6-4/h1-2H,(H,5,6,8). The summed E-state index contributed by atoms with van der Waals surface area (Å²) in [4.78, 5) is 16.3. The van der Waals surface area contributed by atoms with Crippen molar-refractivity contribution in [1.82, 2.24) is 9.97 Å². The zero-order valence-electron chi connectivity index (χ0n) is 4.35. The van der Waals surface area contributed by atoms with Gasteiger partial charge in [-0.05, 0) is 5.18 Å². The second-order valence-electron chi connectivity index (χ2n) is 1.33. The fourth-order valence-corrected chi connectivity index (χ4v) is 0.362. The van der Waals surface area contributed by atoms with Gasteiger partial charge in [-0.1, -0.05) is 0 Å². The lowest BCUT2D eigenvalue weighted by Gasteiger charge is -1.85. The number of hydrogen-bond acceptors (Lipinski definition) is 5. The van der Waals surface area contributed by atoms with E-state index in [4.69, 9.17) is 5.11 Å². The lowest BCUT2D eigenvalue weighted by molar-refractivity contribution is 0.430. The number of aromatic hydroxyl groups is 1. The molecule has 1 N–H and O–H groups in total. The molecule has 0 aliphatic carbocycles. The summed E-state index contributed by atoms with van der Waals surface area (Å²) in [5, 5.41) is 11.0. The molecule has 0 radical (unpaired) electrons. The van der Waals surface area contributed by atoms with E-state index in [-0.39, 0.29) is 11.7 Å². The molecule has 1 heterocycles. The van der Waals surface area contributed by atoms with Crippen LogP contribution >= 0.6 is 0 Å². The third-order valence-electron chi connectivity index (χ3n) is 0.730. The molecule has 0 saturated heterocycles. The summed E-state index contributed by atoms with van der Waals surface area (Å²) in [6, 6.07) is -0.359. The molecule has 1 aromatic heterocycles. The normalized spacial score (nSPS) is 8.89. The van der Waals surface area contributed by atoms with Crippen LogP contribution < -0.4 is 0 Å². The molecule has 0 spiro atoms. The highest BCUT2D eigenvalue weighted by molar-refractivity contribution is 5.29. The molecule has 0 amide bonds. The van der Waals surface area contributed by atoms with E-state index >= 15 is 0 Å². The van der Waals surface area contributed by atoms with E-state index in [2.05, 4.69) is 15.1 Å². The van der Waals surface area contributed by atoms with Crippen LogP contribution in [0.3, 0.4) is 0 Å². The van der Waals surface area contributed by atoms with Gasteiger partial charge in [0.25, 0.3) is 0 Å². The van der Waals surface area contributed by atoms with E-state index in [1.807, 2.05) is 0 Å². The van der Waals surface area contributed by atoms with Crippen LogP contribution in [-0.2, 0) is 0 Å². The molecule has 0 aliphatic heterocycles. The zero-order chi connectivity index (χ0) is 6.69. The largest absolute Gasteiger partial charge is 0.479 e. The van der Waals surface area contributed by atoms with Crippen LogP contribution in [0.1, 0.15) is 0 Å². The highest BCUT2D eigenvalue weighted by atomic mass is 16.3. The highest BCUT2D eigenvalue weighted by Crippen LogP contribution is 2.07. The predicted octanol–water partition coefficient (Wildman–Crippen LogP) is 0.580. The summed E-state index contributed by atoms with van der Waals surface area (Å²) >= 11 is 0. The molecule has 0 unspecified atom stereocenters. The van der Waals surface area contributed by atoms with Gasteiger partial charge in [-0.25, -0.2) is 9.97 Å². The fraction of sp³-hybridized carbons (Fsp3) is 0. The lowest BCUT2D eigenvalue weighted by Crippen LogP contribution is -1.76. The van der Waals surface area contributed by atoms with Gasteiger partial charge >= 0.3 is 6.01 Å². The summed E-state index contributed by atoms with van der Waals surface area (Å²) < 4.78 is 0. The van der Waals surface area contributed by atoms with Gasteiger partial charge in [0.1, 0.15) is 5.69 Å². The first kappa shape index (κ1) is 5.61. The van der Waals surface area contributed by atoms with E-state index in [1.54, 1.807) is 0 Å². The van der Waals surface area contributed by atoms with E-state index in [9.17, 15) is 4.91 Å². The molecule has 0 atom stereocenters. The van der Waals surface area contributed by atoms with Crippen molar-refractivity contribution < 1.29 is 5.11 Å². The molecular weight excluding hydrogens is 122 g/mol. The molecule has 5 nitrogen and oxygen atoms in total. The molecule has 5 heteroatoms. The van der Waals surface area contributed by atoms with Crippen LogP contribution in [0.5, 0.6) is 6.01 Å². The topological polar surface area (TPSA) is 75.4 Å². The van der Waals surface area contributed by atoms with Crippen LogP contribution in [0.4, 0.5) is 5.69 Å². The monoisotopic (exact) mass is 125 g/mol. The Morgan fingerprint density at radius 2 is 2.00 bits per heavy atom. The van der Waals surface area contributed by atoms with Gasteiger partial charge < -0.3 is 5.11 Å². The molecule has 9 heavy (non-hydrogen) atoms. The van der Waals surface area contributed by atoms with E-state index in [0.717, 1.165) is 12.4 Å². The van der Waals surface area contributed by atoms with Crippen molar-refractivity contribution in [2.45, 2.75) is 0 Å². The Labute approximate surface area is 50.4 Å². The first-order chi connectivity index (χ1) is 4.33. The number of nitrogens with zero attached hydrogens (tertiary/aromatic N) is 3. The third kappa shape index (κ3) is 1.18. The smallest absolute Gasteiger partial charge is 0.313 e. The van der Waals surface area contributed by atoms with Crippen molar-refractivity contribution in [3.63, 3.8) is 0 Å². The van der Waals surface area contributed by atoms with Crippen LogP contribution in [0, 0.1) is 4.91 Å². The van der Waals surface area contributed by atoms with Crippen molar-refractivity contribution in [2.75, 3.05) is 0 Å². The van der Waals surface area contributed by atoms with Crippen LogP contribution in [0.25, 0.3) is 0 Å².